The van der Waals surface area contributed by atoms with E-state index < -0.39 is 0 Å². The van der Waals surface area contributed by atoms with Gasteiger partial charge in [0.2, 0.25) is 0 Å². The number of aromatic nitrogens is 1. The van der Waals surface area contributed by atoms with E-state index in [0.29, 0.717) is 17.4 Å². The number of carbonyl (C=O) groups is 1. The number of benzene rings is 1. The Balaban J connectivity index is 2.10. The Morgan fingerprint density at radius 3 is 2.74 bits per heavy atom. The first kappa shape index (κ1) is 12.3. The Bertz CT molecular complexity index is 641. The third kappa shape index (κ3) is 1.93. The van der Waals surface area contributed by atoms with Gasteiger partial charge in [-0.15, -0.1) is 0 Å². The van der Waals surface area contributed by atoms with Crippen molar-refractivity contribution in [3.05, 3.63) is 35.0 Å². The number of esters is 1. The Hall–Kier alpha value is -1.77. The summed E-state index contributed by atoms with van der Waals surface area (Å²) in [5.41, 5.74) is 4.42. The van der Waals surface area contributed by atoms with Gasteiger partial charge in [0.25, 0.3) is 0 Å². The van der Waals surface area contributed by atoms with E-state index in [1.165, 1.54) is 23.8 Å². The predicted octanol–water partition coefficient (Wildman–Crippen LogP) is 3.33. The number of fused-ring (bicyclic) bond motifs is 3. The van der Waals surface area contributed by atoms with Crippen LogP contribution in [0.4, 0.5) is 0 Å². The van der Waals surface area contributed by atoms with Crippen LogP contribution in [0, 0.1) is 11.8 Å². The minimum Gasteiger partial charge on any atom is -0.465 e. The quantitative estimate of drug-likeness (QED) is 0.796. The molecule has 100 valence electrons. The molecule has 1 aliphatic carbocycles. The van der Waals surface area contributed by atoms with E-state index in [4.69, 9.17) is 4.74 Å². The minimum absolute atomic E-state index is 0.281. The summed E-state index contributed by atoms with van der Waals surface area (Å²) >= 11 is 0. The van der Waals surface area contributed by atoms with Crippen molar-refractivity contribution in [2.75, 3.05) is 7.11 Å². The van der Waals surface area contributed by atoms with Crippen LogP contribution in [-0.2, 0) is 17.6 Å². The predicted molar refractivity (Wildman–Crippen MR) is 75.4 cm³/mol. The van der Waals surface area contributed by atoms with Gasteiger partial charge >= 0.3 is 5.97 Å². The zero-order valence-corrected chi connectivity index (χ0v) is 11.6. The van der Waals surface area contributed by atoms with Crippen molar-refractivity contribution < 1.29 is 9.53 Å². The van der Waals surface area contributed by atoms with Gasteiger partial charge in [-0.05, 0) is 42.4 Å². The van der Waals surface area contributed by atoms with E-state index >= 15 is 0 Å². The number of nitrogens with one attached hydrogen (secondary N) is 1. The van der Waals surface area contributed by atoms with Crippen LogP contribution in [0.2, 0.25) is 0 Å². The molecule has 2 unspecified atom stereocenters. The topological polar surface area (TPSA) is 42.1 Å². The molecule has 3 heteroatoms. The minimum atomic E-state index is -0.281. The fraction of sp³-hybridized carbons (Fsp3) is 0.438. The fourth-order valence-corrected chi connectivity index (χ4v) is 3.01. The Labute approximate surface area is 113 Å². The average molecular weight is 257 g/mol. The third-order valence-electron chi connectivity index (χ3n) is 4.44. The van der Waals surface area contributed by atoms with Gasteiger partial charge in [-0.3, -0.25) is 0 Å². The zero-order valence-electron chi connectivity index (χ0n) is 11.6. The zero-order chi connectivity index (χ0) is 13.6. The van der Waals surface area contributed by atoms with Crippen LogP contribution in [0.1, 0.15) is 35.5 Å². The lowest BCUT2D eigenvalue weighted by molar-refractivity contribution is 0.0601. The van der Waals surface area contributed by atoms with Gasteiger partial charge in [0.05, 0.1) is 12.7 Å². The number of methoxy groups -OCH3 is 1. The number of H-pyrrole nitrogens is 1. The molecule has 0 saturated carbocycles. The number of rotatable bonds is 1. The van der Waals surface area contributed by atoms with Gasteiger partial charge in [-0.1, -0.05) is 19.9 Å². The summed E-state index contributed by atoms with van der Waals surface area (Å²) in [6, 6.07) is 5.79. The molecule has 0 aliphatic heterocycles. The van der Waals surface area contributed by atoms with Crippen molar-refractivity contribution in [1.29, 1.82) is 0 Å². The van der Waals surface area contributed by atoms with Crippen LogP contribution in [0.15, 0.2) is 18.2 Å². The van der Waals surface area contributed by atoms with Crippen molar-refractivity contribution >= 4 is 16.9 Å². The average Bonchev–Trinajstić information content (AvgIpc) is 2.75. The summed E-state index contributed by atoms with van der Waals surface area (Å²) in [6.45, 7) is 4.62. The third-order valence-corrected chi connectivity index (χ3v) is 4.44. The molecular formula is C16H19NO2. The molecule has 1 heterocycles. The molecule has 1 aliphatic rings. The van der Waals surface area contributed by atoms with Crippen molar-refractivity contribution in [2.45, 2.75) is 26.7 Å². The standard InChI is InChI=1S/C16H19NO2/c1-9-6-13-12-5-4-11(16(18)19-3)8-15(12)17-14(13)7-10(9)2/h4-5,8-10,17H,6-7H2,1-3H3. The second kappa shape index (κ2) is 4.41. The molecule has 0 radical (unpaired) electrons. The second-order valence-electron chi connectivity index (χ2n) is 5.70. The number of hydrogen-bond donors (Lipinski definition) is 1. The molecule has 0 bridgehead atoms. The molecule has 0 spiro atoms. The lowest BCUT2D eigenvalue weighted by Crippen LogP contribution is -2.20. The molecule has 0 fully saturated rings. The van der Waals surface area contributed by atoms with Gasteiger partial charge in [-0.25, -0.2) is 4.79 Å². The molecule has 2 atom stereocenters. The first-order valence-electron chi connectivity index (χ1n) is 6.82. The maximum atomic E-state index is 11.6. The van der Waals surface area contributed by atoms with Crippen molar-refractivity contribution in [2.24, 2.45) is 11.8 Å². The summed E-state index contributed by atoms with van der Waals surface area (Å²) in [7, 11) is 1.41. The molecule has 0 amide bonds. The highest BCUT2D eigenvalue weighted by atomic mass is 16.5. The van der Waals surface area contributed by atoms with E-state index in [-0.39, 0.29) is 5.97 Å². The molecule has 2 aromatic rings. The number of carbonyl (C=O) groups excluding carboxylic acids is 1. The molecule has 0 saturated heterocycles. The van der Waals surface area contributed by atoms with Gasteiger partial charge in [0.15, 0.2) is 0 Å². The van der Waals surface area contributed by atoms with Crippen LogP contribution < -0.4 is 0 Å². The highest BCUT2D eigenvalue weighted by Gasteiger charge is 2.25. The second-order valence-corrected chi connectivity index (χ2v) is 5.70. The number of ether oxygens (including phenoxy) is 1. The lowest BCUT2D eigenvalue weighted by atomic mass is 9.80. The highest BCUT2D eigenvalue weighted by molar-refractivity contribution is 5.95. The largest absolute Gasteiger partial charge is 0.465 e. The molecule has 1 aromatic carbocycles. The first-order chi connectivity index (χ1) is 9.10. The normalized spacial score (nSPS) is 22.3. The molecule has 1 N–H and O–H groups in total. The maximum Gasteiger partial charge on any atom is 0.337 e. The molecule has 1 aromatic heterocycles. The van der Waals surface area contributed by atoms with Gasteiger partial charge in [-0.2, -0.15) is 0 Å². The van der Waals surface area contributed by atoms with Crippen LogP contribution in [0.3, 0.4) is 0 Å². The number of aromatic amines is 1. The van der Waals surface area contributed by atoms with Crippen LogP contribution in [0.25, 0.3) is 10.9 Å². The summed E-state index contributed by atoms with van der Waals surface area (Å²) in [5, 5.41) is 1.25. The molecule has 19 heavy (non-hydrogen) atoms. The SMILES string of the molecule is COC(=O)c1ccc2c3c([nH]c2c1)CC(C)C(C)C3. The Morgan fingerprint density at radius 1 is 1.26 bits per heavy atom. The Morgan fingerprint density at radius 2 is 2.00 bits per heavy atom. The summed E-state index contributed by atoms with van der Waals surface area (Å²) in [5.74, 6) is 1.14. The smallest absolute Gasteiger partial charge is 0.337 e. The van der Waals surface area contributed by atoms with Crippen molar-refractivity contribution in [3.63, 3.8) is 0 Å². The van der Waals surface area contributed by atoms with E-state index in [1.54, 1.807) is 0 Å². The van der Waals surface area contributed by atoms with Gasteiger partial charge in [0, 0.05) is 16.6 Å². The Kier molecular flexibility index (Phi) is 2.85. The van der Waals surface area contributed by atoms with Crippen molar-refractivity contribution in [3.8, 4) is 0 Å². The lowest BCUT2D eigenvalue weighted by Gasteiger charge is -2.25. The van der Waals surface area contributed by atoms with E-state index in [2.05, 4.69) is 18.8 Å². The fourth-order valence-electron chi connectivity index (χ4n) is 3.01. The molecule has 3 rings (SSSR count). The summed E-state index contributed by atoms with van der Waals surface area (Å²) in [6.07, 6.45) is 2.22. The van der Waals surface area contributed by atoms with Crippen LogP contribution >= 0.6 is 0 Å². The molecule has 3 nitrogen and oxygen atoms in total. The van der Waals surface area contributed by atoms with Gasteiger partial charge in [0.1, 0.15) is 0 Å². The summed E-state index contributed by atoms with van der Waals surface area (Å²) < 4.78 is 4.77. The molecular weight excluding hydrogens is 238 g/mol. The number of hydrogen-bond acceptors (Lipinski definition) is 2. The monoisotopic (exact) mass is 257 g/mol. The maximum absolute atomic E-state index is 11.6. The van der Waals surface area contributed by atoms with Crippen LogP contribution in [-0.4, -0.2) is 18.1 Å². The van der Waals surface area contributed by atoms with E-state index in [9.17, 15) is 4.79 Å². The summed E-state index contributed by atoms with van der Waals surface area (Å²) in [4.78, 5) is 15.0. The highest BCUT2D eigenvalue weighted by Crippen LogP contribution is 2.34. The first-order valence-corrected chi connectivity index (χ1v) is 6.82. The van der Waals surface area contributed by atoms with E-state index in [0.717, 1.165) is 18.4 Å². The van der Waals surface area contributed by atoms with E-state index in [1.807, 2.05) is 18.2 Å². The van der Waals surface area contributed by atoms with Gasteiger partial charge < -0.3 is 9.72 Å². The van der Waals surface area contributed by atoms with Crippen molar-refractivity contribution in [1.82, 2.24) is 4.98 Å². The van der Waals surface area contributed by atoms with Crippen LogP contribution in [0.5, 0.6) is 0 Å².